The van der Waals surface area contributed by atoms with Crippen LogP contribution in [0.1, 0.15) is 55.7 Å². The lowest BCUT2D eigenvalue weighted by molar-refractivity contribution is -0.139. The Balaban J connectivity index is 1.70. The lowest BCUT2D eigenvalue weighted by Crippen LogP contribution is -2.53. The number of hydrogen-bond donors (Lipinski definition) is 1. The number of halogens is 1. The Bertz CT molecular complexity index is 1470. The third-order valence-electron chi connectivity index (χ3n) is 7.65. The van der Waals surface area contributed by atoms with E-state index >= 15 is 0 Å². The molecule has 0 radical (unpaired) electrons. The van der Waals surface area contributed by atoms with Crippen LogP contribution in [0.5, 0.6) is 0 Å². The summed E-state index contributed by atoms with van der Waals surface area (Å²) in [6.45, 7) is 5.01. The maximum atomic E-state index is 14.1. The minimum absolute atomic E-state index is 0.0594. The topological polar surface area (TPSA) is 86.8 Å². The summed E-state index contributed by atoms with van der Waals surface area (Å²) < 4.78 is 29.1. The Morgan fingerprint density at radius 2 is 1.61 bits per heavy atom. The second kappa shape index (κ2) is 13.5. The number of sulfonamides is 1. The first kappa shape index (κ1) is 30.6. The van der Waals surface area contributed by atoms with Crippen molar-refractivity contribution in [3.63, 3.8) is 0 Å². The molecule has 1 saturated carbocycles. The van der Waals surface area contributed by atoms with Crippen molar-refractivity contribution in [2.24, 2.45) is 0 Å². The highest BCUT2D eigenvalue weighted by Crippen LogP contribution is 2.29. The lowest BCUT2D eigenvalue weighted by Gasteiger charge is -2.33. The predicted molar refractivity (Wildman–Crippen MR) is 163 cm³/mol. The van der Waals surface area contributed by atoms with Gasteiger partial charge in [-0.1, -0.05) is 85.0 Å². The van der Waals surface area contributed by atoms with E-state index in [4.69, 9.17) is 11.6 Å². The summed E-state index contributed by atoms with van der Waals surface area (Å²) in [6.07, 6.45) is 5.09. The van der Waals surface area contributed by atoms with E-state index in [2.05, 4.69) is 5.32 Å². The average Bonchev–Trinajstić information content (AvgIpc) is 2.96. The molecule has 0 bridgehead atoms. The normalized spacial score (nSPS) is 14.7. The SMILES string of the molecule is Cc1ccc(N(CC(=O)N(Cc2ccccc2Cl)[C@H](C)C(=O)NC2CCCCC2)S(=O)(=O)c2ccccc2)c(C)c1. The number of carbonyl (C=O) groups is 2. The maximum absolute atomic E-state index is 14.1. The zero-order chi connectivity index (χ0) is 29.6. The van der Waals surface area contributed by atoms with E-state index in [-0.39, 0.29) is 23.4 Å². The maximum Gasteiger partial charge on any atom is 0.264 e. The molecule has 218 valence electrons. The van der Waals surface area contributed by atoms with Crippen LogP contribution in [-0.2, 0) is 26.2 Å². The molecule has 0 unspecified atom stereocenters. The number of hydrogen-bond acceptors (Lipinski definition) is 4. The Labute approximate surface area is 248 Å². The summed E-state index contributed by atoms with van der Waals surface area (Å²) in [5.74, 6) is -0.767. The smallest absolute Gasteiger partial charge is 0.264 e. The molecule has 2 amide bonds. The lowest BCUT2D eigenvalue weighted by atomic mass is 9.95. The fourth-order valence-corrected chi connectivity index (χ4v) is 6.97. The zero-order valence-corrected chi connectivity index (χ0v) is 25.4. The Kier molecular flexibility index (Phi) is 10.1. The molecule has 1 fully saturated rings. The van der Waals surface area contributed by atoms with Gasteiger partial charge in [0.15, 0.2) is 0 Å². The summed E-state index contributed by atoms with van der Waals surface area (Å²) >= 11 is 6.46. The highest BCUT2D eigenvalue weighted by Gasteiger charge is 2.34. The minimum Gasteiger partial charge on any atom is -0.352 e. The number of aryl methyl sites for hydroxylation is 2. The number of nitrogens with one attached hydrogen (secondary N) is 1. The number of rotatable bonds is 10. The van der Waals surface area contributed by atoms with E-state index < -0.39 is 28.5 Å². The average molecular weight is 596 g/mol. The molecule has 3 aromatic rings. The van der Waals surface area contributed by atoms with Crippen LogP contribution in [0.4, 0.5) is 5.69 Å². The fraction of sp³-hybridized carbons (Fsp3) is 0.375. The molecule has 3 aromatic carbocycles. The van der Waals surface area contributed by atoms with Crippen LogP contribution in [0.3, 0.4) is 0 Å². The molecule has 0 aliphatic heterocycles. The van der Waals surface area contributed by atoms with Crippen molar-refractivity contribution >= 4 is 39.1 Å². The van der Waals surface area contributed by atoms with Crippen LogP contribution in [-0.4, -0.2) is 43.8 Å². The Morgan fingerprint density at radius 3 is 2.27 bits per heavy atom. The number of nitrogens with zero attached hydrogens (tertiary/aromatic N) is 2. The van der Waals surface area contributed by atoms with Gasteiger partial charge in [-0.15, -0.1) is 0 Å². The van der Waals surface area contributed by atoms with Crippen LogP contribution in [0.2, 0.25) is 5.02 Å². The molecule has 1 atom stereocenters. The second-order valence-corrected chi connectivity index (χ2v) is 13.0. The van der Waals surface area contributed by atoms with E-state index in [1.54, 1.807) is 49.4 Å². The molecule has 1 N–H and O–H groups in total. The number of carbonyl (C=O) groups excluding carboxylic acids is 2. The monoisotopic (exact) mass is 595 g/mol. The first-order valence-corrected chi connectivity index (χ1v) is 15.9. The fourth-order valence-electron chi connectivity index (χ4n) is 5.28. The number of benzene rings is 3. The molecule has 0 heterocycles. The van der Waals surface area contributed by atoms with Crippen LogP contribution in [0.25, 0.3) is 0 Å². The standard InChI is InChI=1S/C32H38ClN3O4S/c1-23-18-19-30(24(2)20-23)36(41(39,40)28-15-8-5-9-16-28)22-31(37)35(21-26-12-10-11-17-29(26)33)25(3)32(38)34-27-13-6-4-7-14-27/h5,8-12,15-20,25,27H,4,6-7,13-14,21-22H2,1-3H3,(H,34,38)/t25-/m1/s1. The van der Waals surface area contributed by atoms with Crippen molar-refractivity contribution in [3.05, 3.63) is 94.5 Å². The molecule has 4 rings (SSSR count). The summed E-state index contributed by atoms with van der Waals surface area (Å²) in [4.78, 5) is 29.1. The van der Waals surface area contributed by atoms with E-state index in [0.29, 0.717) is 16.3 Å². The van der Waals surface area contributed by atoms with E-state index in [1.165, 1.54) is 17.0 Å². The predicted octanol–water partition coefficient (Wildman–Crippen LogP) is 6.02. The van der Waals surface area contributed by atoms with Crippen molar-refractivity contribution in [1.29, 1.82) is 0 Å². The van der Waals surface area contributed by atoms with Gasteiger partial charge in [-0.05, 0) is 69.0 Å². The minimum atomic E-state index is -4.11. The molecular weight excluding hydrogens is 558 g/mol. The molecule has 41 heavy (non-hydrogen) atoms. The van der Waals surface area contributed by atoms with Gasteiger partial charge in [0.05, 0.1) is 10.6 Å². The van der Waals surface area contributed by atoms with E-state index in [1.807, 2.05) is 32.0 Å². The summed E-state index contributed by atoms with van der Waals surface area (Å²) in [6, 6.07) is 19.9. The van der Waals surface area contributed by atoms with Crippen molar-refractivity contribution in [2.45, 2.75) is 76.4 Å². The third kappa shape index (κ3) is 7.49. The summed E-state index contributed by atoms with van der Waals surface area (Å²) in [5, 5.41) is 3.58. The van der Waals surface area contributed by atoms with Gasteiger partial charge < -0.3 is 10.2 Å². The van der Waals surface area contributed by atoms with Crippen molar-refractivity contribution < 1.29 is 18.0 Å². The van der Waals surface area contributed by atoms with Crippen LogP contribution in [0, 0.1) is 13.8 Å². The Hall–Kier alpha value is -3.36. The number of anilines is 1. The largest absolute Gasteiger partial charge is 0.352 e. The first-order chi connectivity index (χ1) is 19.6. The van der Waals surface area contributed by atoms with Crippen molar-refractivity contribution in [3.8, 4) is 0 Å². The second-order valence-electron chi connectivity index (χ2n) is 10.7. The molecule has 1 aliphatic carbocycles. The molecule has 1 aliphatic rings. The van der Waals surface area contributed by atoms with Gasteiger partial charge in [0, 0.05) is 17.6 Å². The van der Waals surface area contributed by atoms with Gasteiger partial charge in [-0.3, -0.25) is 13.9 Å². The van der Waals surface area contributed by atoms with Crippen LogP contribution in [0.15, 0.2) is 77.7 Å². The molecule has 9 heteroatoms. The Morgan fingerprint density at radius 1 is 0.951 bits per heavy atom. The van der Waals surface area contributed by atoms with Gasteiger partial charge in [0.2, 0.25) is 11.8 Å². The van der Waals surface area contributed by atoms with E-state index in [9.17, 15) is 18.0 Å². The van der Waals surface area contributed by atoms with Gasteiger partial charge in [0.25, 0.3) is 10.0 Å². The molecular formula is C32H38ClN3O4S. The van der Waals surface area contributed by atoms with Crippen LogP contribution >= 0.6 is 11.6 Å². The van der Waals surface area contributed by atoms with Gasteiger partial charge in [-0.25, -0.2) is 8.42 Å². The van der Waals surface area contributed by atoms with Crippen molar-refractivity contribution in [2.75, 3.05) is 10.8 Å². The summed E-state index contributed by atoms with van der Waals surface area (Å²) in [7, 11) is -4.11. The highest BCUT2D eigenvalue weighted by molar-refractivity contribution is 7.92. The molecule has 0 aromatic heterocycles. The molecule has 0 saturated heterocycles. The highest BCUT2D eigenvalue weighted by atomic mass is 35.5. The molecule has 7 nitrogen and oxygen atoms in total. The first-order valence-electron chi connectivity index (χ1n) is 14.1. The van der Waals surface area contributed by atoms with Gasteiger partial charge in [0.1, 0.15) is 12.6 Å². The quantitative estimate of drug-likeness (QED) is 0.311. The van der Waals surface area contributed by atoms with Gasteiger partial charge in [-0.2, -0.15) is 0 Å². The van der Waals surface area contributed by atoms with Crippen molar-refractivity contribution in [1.82, 2.24) is 10.2 Å². The molecule has 0 spiro atoms. The van der Waals surface area contributed by atoms with Crippen LogP contribution < -0.4 is 9.62 Å². The van der Waals surface area contributed by atoms with Gasteiger partial charge >= 0.3 is 0 Å². The third-order valence-corrected chi connectivity index (χ3v) is 9.79. The summed E-state index contributed by atoms with van der Waals surface area (Å²) in [5.41, 5.74) is 2.77. The van der Waals surface area contributed by atoms with E-state index in [0.717, 1.165) is 47.5 Å². The number of amides is 2. The zero-order valence-electron chi connectivity index (χ0n) is 23.8.